The summed E-state index contributed by atoms with van der Waals surface area (Å²) in [6, 6.07) is -0.121. The molecule has 0 aromatic rings. The fourth-order valence-corrected chi connectivity index (χ4v) is 3.62. The smallest absolute Gasteiger partial charge is 0.323 e. The molecule has 0 aromatic heterocycles. The Morgan fingerprint density at radius 3 is 2.40 bits per heavy atom. The van der Waals surface area contributed by atoms with Crippen molar-refractivity contribution in [3.63, 3.8) is 0 Å². The maximum absolute atomic E-state index is 12.0. The third-order valence-electron chi connectivity index (χ3n) is 4.38. The third kappa shape index (κ3) is 5.43. The molecule has 0 radical (unpaired) electrons. The van der Waals surface area contributed by atoms with Crippen molar-refractivity contribution in [2.45, 2.75) is 78.7 Å². The van der Waals surface area contributed by atoms with E-state index in [9.17, 15) is 4.79 Å². The van der Waals surface area contributed by atoms with Crippen LogP contribution in [0.3, 0.4) is 0 Å². The van der Waals surface area contributed by atoms with Gasteiger partial charge in [0.2, 0.25) is 0 Å². The highest BCUT2D eigenvalue weighted by molar-refractivity contribution is 5.75. The van der Waals surface area contributed by atoms with Crippen molar-refractivity contribution >= 4 is 5.97 Å². The lowest BCUT2D eigenvalue weighted by Crippen LogP contribution is -2.44. The SMILES string of the molecule is CCCC(NCC1(CC(C)C)CCCC1)C(=O)OCC. The van der Waals surface area contributed by atoms with Crippen molar-refractivity contribution in [3.05, 3.63) is 0 Å². The summed E-state index contributed by atoms with van der Waals surface area (Å²) in [6.45, 7) is 10.0. The fourth-order valence-electron chi connectivity index (χ4n) is 3.62. The van der Waals surface area contributed by atoms with Gasteiger partial charge in [0.05, 0.1) is 6.61 Å². The molecule has 118 valence electrons. The predicted molar refractivity (Wildman–Crippen MR) is 83.7 cm³/mol. The Kier molecular flexibility index (Phi) is 7.57. The van der Waals surface area contributed by atoms with Gasteiger partial charge in [0.25, 0.3) is 0 Å². The molecule has 0 aliphatic heterocycles. The van der Waals surface area contributed by atoms with Gasteiger partial charge in [-0.3, -0.25) is 4.79 Å². The summed E-state index contributed by atoms with van der Waals surface area (Å²) in [7, 11) is 0. The van der Waals surface area contributed by atoms with Gasteiger partial charge in [0, 0.05) is 6.54 Å². The van der Waals surface area contributed by atoms with Crippen LogP contribution in [0.5, 0.6) is 0 Å². The number of rotatable bonds is 9. The molecule has 0 aromatic carbocycles. The van der Waals surface area contributed by atoms with Crippen LogP contribution in [0.4, 0.5) is 0 Å². The molecule has 1 atom stereocenters. The molecule has 0 amide bonds. The van der Waals surface area contributed by atoms with Gasteiger partial charge < -0.3 is 10.1 Å². The Morgan fingerprint density at radius 1 is 1.25 bits per heavy atom. The van der Waals surface area contributed by atoms with E-state index in [-0.39, 0.29) is 12.0 Å². The number of carbonyl (C=O) groups is 1. The number of carbonyl (C=O) groups excluding carboxylic acids is 1. The van der Waals surface area contributed by atoms with Crippen molar-refractivity contribution in [2.24, 2.45) is 11.3 Å². The Hall–Kier alpha value is -0.570. The maximum Gasteiger partial charge on any atom is 0.323 e. The van der Waals surface area contributed by atoms with Crippen LogP contribution in [0.1, 0.15) is 72.6 Å². The van der Waals surface area contributed by atoms with Crippen LogP contribution in [0.25, 0.3) is 0 Å². The van der Waals surface area contributed by atoms with Crippen LogP contribution < -0.4 is 5.32 Å². The first-order valence-electron chi connectivity index (χ1n) is 8.43. The van der Waals surface area contributed by atoms with Gasteiger partial charge in [-0.2, -0.15) is 0 Å². The number of nitrogens with one attached hydrogen (secondary N) is 1. The van der Waals surface area contributed by atoms with Gasteiger partial charge in [-0.15, -0.1) is 0 Å². The van der Waals surface area contributed by atoms with E-state index in [1.54, 1.807) is 0 Å². The molecule has 0 bridgehead atoms. The van der Waals surface area contributed by atoms with E-state index >= 15 is 0 Å². The second kappa shape index (κ2) is 8.66. The molecule has 3 heteroatoms. The molecule has 1 aliphatic rings. The Labute approximate surface area is 124 Å². The lowest BCUT2D eigenvalue weighted by atomic mass is 9.78. The number of hydrogen-bond acceptors (Lipinski definition) is 3. The summed E-state index contributed by atoms with van der Waals surface area (Å²) in [6.07, 6.45) is 8.43. The fraction of sp³-hybridized carbons (Fsp3) is 0.941. The molecule has 1 rings (SSSR count). The predicted octanol–water partition coefficient (Wildman–Crippen LogP) is 3.91. The van der Waals surface area contributed by atoms with E-state index in [2.05, 4.69) is 26.1 Å². The summed E-state index contributed by atoms with van der Waals surface area (Å²) in [5, 5.41) is 3.52. The molecule has 1 fully saturated rings. The van der Waals surface area contributed by atoms with Crippen LogP contribution in [0, 0.1) is 11.3 Å². The molecule has 0 heterocycles. The molecule has 3 nitrogen and oxygen atoms in total. The summed E-state index contributed by atoms with van der Waals surface area (Å²) in [4.78, 5) is 12.0. The normalized spacial score (nSPS) is 19.2. The minimum absolute atomic E-state index is 0.0768. The van der Waals surface area contributed by atoms with E-state index in [1.807, 2.05) is 6.92 Å². The minimum Gasteiger partial charge on any atom is -0.465 e. The van der Waals surface area contributed by atoms with Crippen LogP contribution in [-0.2, 0) is 9.53 Å². The highest BCUT2D eigenvalue weighted by Crippen LogP contribution is 2.42. The van der Waals surface area contributed by atoms with Gasteiger partial charge in [0.15, 0.2) is 0 Å². The summed E-state index contributed by atoms with van der Waals surface area (Å²) >= 11 is 0. The lowest BCUT2D eigenvalue weighted by Gasteiger charge is -2.33. The van der Waals surface area contributed by atoms with E-state index in [4.69, 9.17) is 4.74 Å². The second-order valence-corrected chi connectivity index (χ2v) is 6.78. The standard InChI is InChI=1S/C17H33NO2/c1-5-9-15(16(19)20-6-2)18-13-17(12-14(3)4)10-7-8-11-17/h14-15,18H,5-13H2,1-4H3. The number of hydrogen-bond donors (Lipinski definition) is 1. The highest BCUT2D eigenvalue weighted by atomic mass is 16.5. The minimum atomic E-state index is -0.121. The molecule has 20 heavy (non-hydrogen) atoms. The van der Waals surface area contributed by atoms with E-state index < -0.39 is 0 Å². The Balaban J connectivity index is 2.56. The van der Waals surface area contributed by atoms with Crippen molar-refractivity contribution in [1.82, 2.24) is 5.32 Å². The van der Waals surface area contributed by atoms with Crippen LogP contribution in [0.2, 0.25) is 0 Å². The van der Waals surface area contributed by atoms with Crippen molar-refractivity contribution < 1.29 is 9.53 Å². The number of ether oxygens (including phenoxy) is 1. The summed E-state index contributed by atoms with van der Waals surface area (Å²) in [5.74, 6) is 0.647. The van der Waals surface area contributed by atoms with Crippen LogP contribution >= 0.6 is 0 Å². The molecule has 0 saturated heterocycles. The zero-order valence-electron chi connectivity index (χ0n) is 13.8. The van der Waals surface area contributed by atoms with E-state index in [0.717, 1.165) is 25.3 Å². The zero-order valence-corrected chi connectivity index (χ0v) is 13.8. The Morgan fingerprint density at radius 2 is 1.90 bits per heavy atom. The van der Waals surface area contributed by atoms with Crippen LogP contribution in [-0.4, -0.2) is 25.2 Å². The lowest BCUT2D eigenvalue weighted by molar-refractivity contribution is -0.146. The molecular weight excluding hydrogens is 250 g/mol. The van der Waals surface area contributed by atoms with E-state index in [0.29, 0.717) is 12.0 Å². The number of esters is 1. The summed E-state index contributed by atoms with van der Waals surface area (Å²) in [5.41, 5.74) is 0.409. The molecule has 1 unspecified atom stereocenters. The first-order chi connectivity index (χ1) is 9.53. The average molecular weight is 283 g/mol. The molecular formula is C17H33NO2. The molecule has 1 N–H and O–H groups in total. The quantitative estimate of drug-likeness (QED) is 0.652. The topological polar surface area (TPSA) is 38.3 Å². The molecule has 1 saturated carbocycles. The molecule has 0 spiro atoms. The first-order valence-corrected chi connectivity index (χ1v) is 8.43. The third-order valence-corrected chi connectivity index (χ3v) is 4.38. The summed E-state index contributed by atoms with van der Waals surface area (Å²) < 4.78 is 5.18. The van der Waals surface area contributed by atoms with Crippen LogP contribution in [0.15, 0.2) is 0 Å². The van der Waals surface area contributed by atoms with Crippen molar-refractivity contribution in [3.8, 4) is 0 Å². The van der Waals surface area contributed by atoms with Gasteiger partial charge in [-0.1, -0.05) is 40.0 Å². The first kappa shape index (κ1) is 17.5. The Bertz CT molecular complexity index is 283. The zero-order chi connectivity index (χ0) is 15.0. The van der Waals surface area contributed by atoms with Gasteiger partial charge in [-0.05, 0) is 43.9 Å². The second-order valence-electron chi connectivity index (χ2n) is 6.78. The monoisotopic (exact) mass is 283 g/mol. The van der Waals surface area contributed by atoms with Gasteiger partial charge in [0.1, 0.15) is 6.04 Å². The van der Waals surface area contributed by atoms with Crippen molar-refractivity contribution in [2.75, 3.05) is 13.2 Å². The maximum atomic E-state index is 12.0. The average Bonchev–Trinajstić information content (AvgIpc) is 2.82. The van der Waals surface area contributed by atoms with Gasteiger partial charge in [-0.25, -0.2) is 0 Å². The largest absolute Gasteiger partial charge is 0.465 e. The van der Waals surface area contributed by atoms with E-state index in [1.165, 1.54) is 32.1 Å². The molecule has 1 aliphatic carbocycles. The van der Waals surface area contributed by atoms with Crippen molar-refractivity contribution in [1.29, 1.82) is 0 Å². The highest BCUT2D eigenvalue weighted by Gasteiger charge is 2.35. The van der Waals surface area contributed by atoms with Gasteiger partial charge >= 0.3 is 5.97 Å².